The fraction of sp³-hybridized carbons (Fsp3) is 0.581. The molecule has 0 spiro atoms. The van der Waals surface area contributed by atoms with Crippen LogP contribution in [-0.2, 0) is 49.6 Å². The van der Waals surface area contributed by atoms with Crippen LogP contribution in [0, 0.1) is 5.92 Å². The van der Waals surface area contributed by atoms with Gasteiger partial charge < -0.3 is 74.2 Å². The second-order valence-electron chi connectivity index (χ2n) is 17.1. The summed E-state index contributed by atoms with van der Waals surface area (Å²) in [6.45, 7) is 6.19. The quantitative estimate of drug-likeness (QED) is 0.0335. The molecule has 23 nitrogen and oxygen atoms in total. The van der Waals surface area contributed by atoms with Crippen LogP contribution in [0.2, 0.25) is 0 Å². The van der Waals surface area contributed by atoms with Crippen LogP contribution in [0.15, 0.2) is 35.5 Å². The normalized spacial score (nSPS) is 26.0. The monoisotopic (exact) mass is 987 g/mol. The number of H-pyrrole nitrogens is 1. The van der Waals surface area contributed by atoms with Gasteiger partial charge in [0, 0.05) is 48.1 Å². The summed E-state index contributed by atoms with van der Waals surface area (Å²) < 4.78 is 0. The number of aliphatic hydroxyl groups excluding tert-OH is 1. The maximum absolute atomic E-state index is 14.4. The van der Waals surface area contributed by atoms with Crippen LogP contribution in [0.3, 0.4) is 0 Å². The summed E-state index contributed by atoms with van der Waals surface area (Å²) in [6, 6.07) is -2.91. The fourth-order valence-electron chi connectivity index (χ4n) is 7.60. The van der Waals surface area contributed by atoms with E-state index in [0.29, 0.717) is 18.3 Å². The zero-order valence-corrected chi connectivity index (χ0v) is 40.2. The van der Waals surface area contributed by atoms with Crippen LogP contribution in [0.25, 0.3) is 10.9 Å². The molecule has 2 saturated heterocycles. The molecule has 3 heterocycles. The third-order valence-corrected chi connectivity index (χ3v) is 13.6. The van der Waals surface area contributed by atoms with Crippen molar-refractivity contribution in [3.8, 4) is 0 Å². The lowest BCUT2D eigenvalue weighted by Crippen LogP contribution is -2.62. The first-order valence-electron chi connectivity index (χ1n) is 22.4. The number of hydrogen-bond acceptors (Lipinski definition) is 14. The molecule has 8 amide bonds. The number of aromatic amines is 1. The van der Waals surface area contributed by atoms with E-state index in [9.17, 15) is 48.3 Å². The predicted molar refractivity (Wildman–Crippen MR) is 257 cm³/mol. The van der Waals surface area contributed by atoms with Crippen molar-refractivity contribution in [2.75, 3.05) is 31.1 Å². The minimum absolute atomic E-state index is 0.0162. The highest BCUT2D eigenvalue weighted by Crippen LogP contribution is 2.24. The standard InChI is InChI=1S/C43H65N13O10S2/c1-22(2)17-30-38(62)52-31(18-25-19-49-28-10-6-5-9-26(25)28)39(63)55-34(24(4)58)41(65)50-23(3)35(59)54-32(37(61)47-14-16-57)21-68-67-20-27(44)36(60)51-29(11-7-13-48-43(45)46)42(66)56-15-8-12-33(56)40(64)53-30/h5-6,9-10,16,19,22-24,27,29-34,49,58H,7-8,11-15,17-18,20-21,44H2,1-4H3,(H,47,61)(H,50,65)(H,51,60)(H,52,62)(H,53,64)(H,54,59)(H,55,63)(H4,45,46,48)/t23-,24+,27+,29-,30-,31-,32+,33-,34-/m1/s1. The lowest BCUT2D eigenvalue weighted by Gasteiger charge is -2.31. The number of aromatic nitrogens is 1. The number of aliphatic hydroxyl groups is 1. The Morgan fingerprint density at radius 2 is 1.56 bits per heavy atom. The number of aldehydes is 1. The van der Waals surface area contributed by atoms with Gasteiger partial charge in [0.1, 0.15) is 48.6 Å². The maximum Gasteiger partial charge on any atom is 0.245 e. The molecule has 9 atom stereocenters. The largest absolute Gasteiger partial charge is 0.391 e. The van der Waals surface area contributed by atoms with Gasteiger partial charge in [-0.25, -0.2) is 0 Å². The van der Waals surface area contributed by atoms with Gasteiger partial charge in [-0.15, -0.1) is 0 Å². The molecule has 0 saturated carbocycles. The Labute approximate surface area is 402 Å². The summed E-state index contributed by atoms with van der Waals surface area (Å²) in [5.74, 6) is -6.44. The van der Waals surface area contributed by atoms with E-state index in [0.717, 1.165) is 32.5 Å². The molecule has 1 aromatic heterocycles. The van der Waals surface area contributed by atoms with Crippen molar-refractivity contribution in [3.63, 3.8) is 0 Å². The maximum atomic E-state index is 14.4. The smallest absolute Gasteiger partial charge is 0.245 e. The molecule has 68 heavy (non-hydrogen) atoms. The number of nitrogens with one attached hydrogen (secondary N) is 8. The Balaban J connectivity index is 1.73. The first kappa shape index (κ1) is 54.7. The number of nitrogens with zero attached hydrogens (tertiary/aromatic N) is 2. The summed E-state index contributed by atoms with van der Waals surface area (Å²) in [5, 5.41) is 29.7. The number of rotatable bonds is 12. The lowest BCUT2D eigenvalue weighted by atomic mass is 10.00. The zero-order valence-electron chi connectivity index (χ0n) is 38.6. The third-order valence-electron chi connectivity index (χ3n) is 11.2. The number of benzene rings is 1. The Bertz CT molecular complexity index is 2150. The van der Waals surface area contributed by atoms with Gasteiger partial charge >= 0.3 is 0 Å². The summed E-state index contributed by atoms with van der Waals surface area (Å²) >= 11 is 0. The minimum Gasteiger partial charge on any atom is -0.391 e. The first-order chi connectivity index (χ1) is 32.3. The summed E-state index contributed by atoms with van der Waals surface area (Å²) in [4.78, 5) is 130. The number of hydrogen-bond donors (Lipinski definition) is 12. The molecule has 2 aliphatic heterocycles. The van der Waals surface area contributed by atoms with E-state index in [-0.39, 0.29) is 75.1 Å². The Kier molecular flexibility index (Phi) is 21.4. The van der Waals surface area contributed by atoms with E-state index < -0.39 is 102 Å². The second kappa shape index (κ2) is 26.6. The van der Waals surface area contributed by atoms with Crippen LogP contribution >= 0.6 is 21.6 Å². The molecule has 0 unspecified atom stereocenters. The zero-order chi connectivity index (χ0) is 50.1. The van der Waals surface area contributed by atoms with E-state index in [1.54, 1.807) is 12.3 Å². The van der Waals surface area contributed by atoms with Crippen molar-refractivity contribution in [2.45, 2.75) is 121 Å². The van der Waals surface area contributed by atoms with E-state index in [4.69, 9.17) is 17.2 Å². The number of carbonyl (C=O) groups is 9. The highest BCUT2D eigenvalue weighted by Gasteiger charge is 2.40. The number of nitrogens with two attached hydrogens (primary N) is 3. The molecule has 0 bridgehead atoms. The van der Waals surface area contributed by atoms with Crippen LogP contribution in [0.5, 0.6) is 0 Å². The number of amides is 8. The summed E-state index contributed by atoms with van der Waals surface area (Å²) in [6.07, 6.45) is 1.65. The molecule has 1 aromatic carbocycles. The first-order valence-corrected chi connectivity index (χ1v) is 24.9. The number of carbonyl (C=O) groups excluding carboxylic acids is 9. The van der Waals surface area contributed by atoms with Gasteiger partial charge in [0.25, 0.3) is 0 Å². The van der Waals surface area contributed by atoms with Gasteiger partial charge in [0.05, 0.1) is 18.7 Å². The molecule has 0 radical (unpaired) electrons. The van der Waals surface area contributed by atoms with Crippen molar-refractivity contribution < 1.29 is 48.3 Å². The number of fused-ring (bicyclic) bond motifs is 2. The number of guanidine groups is 1. The lowest BCUT2D eigenvalue weighted by molar-refractivity contribution is -0.142. The molecule has 374 valence electrons. The van der Waals surface area contributed by atoms with Gasteiger partial charge in [0.15, 0.2) is 5.96 Å². The summed E-state index contributed by atoms with van der Waals surface area (Å²) in [5.41, 5.74) is 18.6. The van der Waals surface area contributed by atoms with E-state index >= 15 is 0 Å². The number of para-hydroxylation sites is 1. The molecular formula is C43H65N13O10S2. The molecule has 25 heteroatoms. The van der Waals surface area contributed by atoms with Crippen molar-refractivity contribution in [1.29, 1.82) is 0 Å². The second-order valence-corrected chi connectivity index (χ2v) is 19.7. The van der Waals surface area contributed by atoms with Gasteiger partial charge in [-0.2, -0.15) is 0 Å². The molecule has 4 rings (SSSR count). The number of aliphatic imine (C=N–C) groups is 1. The van der Waals surface area contributed by atoms with Crippen LogP contribution in [0.1, 0.15) is 65.4 Å². The van der Waals surface area contributed by atoms with E-state index in [1.165, 1.54) is 18.7 Å². The molecule has 0 aliphatic carbocycles. The highest BCUT2D eigenvalue weighted by atomic mass is 33.1. The summed E-state index contributed by atoms with van der Waals surface area (Å²) in [7, 11) is 2.16. The molecule has 2 aliphatic rings. The molecule has 2 fully saturated rings. The third kappa shape index (κ3) is 16.1. The Morgan fingerprint density at radius 1 is 0.882 bits per heavy atom. The highest BCUT2D eigenvalue weighted by molar-refractivity contribution is 8.76. The van der Waals surface area contributed by atoms with Crippen molar-refractivity contribution in [3.05, 3.63) is 36.0 Å². The van der Waals surface area contributed by atoms with Crippen LogP contribution in [-0.4, -0.2) is 160 Å². The van der Waals surface area contributed by atoms with E-state index in [2.05, 4.69) is 47.2 Å². The van der Waals surface area contributed by atoms with Crippen molar-refractivity contribution in [2.24, 2.45) is 28.1 Å². The fourth-order valence-corrected chi connectivity index (χ4v) is 9.89. The average Bonchev–Trinajstić information content (AvgIpc) is 3.95. The Morgan fingerprint density at radius 3 is 2.25 bits per heavy atom. The van der Waals surface area contributed by atoms with Crippen LogP contribution in [0.4, 0.5) is 0 Å². The van der Waals surface area contributed by atoms with Crippen molar-refractivity contribution in [1.82, 2.24) is 47.1 Å². The minimum atomic E-state index is -1.65. The van der Waals surface area contributed by atoms with Gasteiger partial charge in [-0.3, -0.25) is 43.3 Å². The molecule has 15 N–H and O–H groups in total. The SMILES string of the molecule is CC(C)C[C@H]1NC(=O)[C@H]2CCCN2C(=O)[C@@H](CCCN=C(N)N)NC(=O)[C@@H](N)CSSC[C@@H](C(=O)NCC=O)NC(=O)[C@@H](C)NC(=O)[C@@H]([C@H](C)O)NC(=O)[C@@H](Cc2c[nH]c3ccccc23)NC1=O. The van der Waals surface area contributed by atoms with Gasteiger partial charge in [0.2, 0.25) is 47.3 Å². The van der Waals surface area contributed by atoms with Gasteiger partial charge in [-0.1, -0.05) is 53.6 Å². The average molecular weight is 988 g/mol. The topological polar surface area (TPSA) is 368 Å². The Hall–Kier alpha value is -5.92. The van der Waals surface area contributed by atoms with Gasteiger partial charge in [-0.05, 0) is 63.5 Å². The molecule has 2 aromatic rings. The van der Waals surface area contributed by atoms with E-state index in [1.807, 2.05) is 32.0 Å². The van der Waals surface area contributed by atoms with Crippen molar-refractivity contribution >= 4 is 92.0 Å². The molecular weight excluding hydrogens is 923 g/mol. The predicted octanol–water partition coefficient (Wildman–Crippen LogP) is -2.85. The van der Waals surface area contributed by atoms with Crippen LogP contribution < -0.4 is 54.4 Å².